The zero-order valence-electron chi connectivity index (χ0n) is 10.3. The molecule has 2 N–H and O–H groups in total. The van der Waals surface area contributed by atoms with Gasteiger partial charge in [-0.05, 0) is 12.6 Å². The Morgan fingerprint density at radius 1 is 1.27 bits per heavy atom. The van der Waals surface area contributed by atoms with Gasteiger partial charge in [-0.1, -0.05) is 33.8 Å². The maximum atomic E-state index is 11.0. The molecule has 0 aromatic rings. The van der Waals surface area contributed by atoms with E-state index in [0.29, 0.717) is 18.4 Å². The number of rotatable bonds is 0. The molecule has 0 aromatic heterocycles. The molecule has 2 aliphatic heterocycles. The highest BCUT2D eigenvalue weighted by atomic mass is 16.1. The van der Waals surface area contributed by atoms with Gasteiger partial charge in [0.05, 0.1) is 6.04 Å². The molecule has 1 saturated heterocycles. The summed E-state index contributed by atoms with van der Waals surface area (Å²) in [5.74, 6) is 0.761. The van der Waals surface area contributed by atoms with E-state index >= 15 is 0 Å². The van der Waals surface area contributed by atoms with E-state index in [0.717, 1.165) is 13.0 Å². The molecule has 2 atom stereocenters. The molecule has 15 heavy (non-hydrogen) atoms. The van der Waals surface area contributed by atoms with Crippen molar-refractivity contribution in [3.05, 3.63) is 12.3 Å². The maximum absolute atomic E-state index is 11.0. The maximum Gasteiger partial charge on any atom is 0.220 e. The summed E-state index contributed by atoms with van der Waals surface area (Å²) < 4.78 is 0. The van der Waals surface area contributed by atoms with Crippen LogP contribution < -0.4 is 10.6 Å². The molecule has 3 nitrogen and oxygen atoms in total. The number of hydrogen-bond acceptors (Lipinski definition) is 2. The third-order valence-corrected chi connectivity index (χ3v) is 2.37. The van der Waals surface area contributed by atoms with E-state index in [1.807, 2.05) is 33.9 Å². The average molecular weight is 212 g/mol. The summed E-state index contributed by atoms with van der Waals surface area (Å²) >= 11 is 0. The van der Waals surface area contributed by atoms with Gasteiger partial charge in [0.25, 0.3) is 0 Å². The summed E-state index contributed by atoms with van der Waals surface area (Å²) in [5.41, 5.74) is 0. The van der Waals surface area contributed by atoms with E-state index in [4.69, 9.17) is 0 Å². The fourth-order valence-corrected chi connectivity index (χ4v) is 1.70. The summed E-state index contributed by atoms with van der Waals surface area (Å²) in [6.07, 6.45) is 5.83. The van der Waals surface area contributed by atoms with Crippen molar-refractivity contribution in [1.29, 1.82) is 0 Å². The van der Waals surface area contributed by atoms with Crippen LogP contribution in [0.1, 0.15) is 40.5 Å². The largest absolute Gasteiger partial charge is 0.389 e. The molecule has 88 valence electrons. The predicted octanol–water partition coefficient (Wildman–Crippen LogP) is 2.05. The Labute approximate surface area is 93.3 Å². The summed E-state index contributed by atoms with van der Waals surface area (Å²) in [7, 11) is 0. The Hall–Kier alpha value is -0.990. The van der Waals surface area contributed by atoms with E-state index in [-0.39, 0.29) is 5.91 Å². The van der Waals surface area contributed by atoms with Crippen LogP contribution in [0.4, 0.5) is 0 Å². The highest BCUT2D eigenvalue weighted by molar-refractivity contribution is 5.77. The Kier molecular flexibility index (Phi) is 7.78. The zero-order valence-corrected chi connectivity index (χ0v) is 10.3. The van der Waals surface area contributed by atoms with Crippen molar-refractivity contribution in [2.75, 3.05) is 6.54 Å². The average Bonchev–Trinajstić information content (AvgIpc) is 2.34. The first-order chi connectivity index (χ1) is 7.36. The number of hydrogen-bond donors (Lipinski definition) is 2. The van der Waals surface area contributed by atoms with Gasteiger partial charge in [-0.25, -0.2) is 0 Å². The van der Waals surface area contributed by atoms with Gasteiger partial charge in [0.1, 0.15) is 0 Å². The van der Waals surface area contributed by atoms with Crippen molar-refractivity contribution >= 4 is 5.91 Å². The Morgan fingerprint density at radius 3 is 2.60 bits per heavy atom. The molecule has 1 amide bonds. The van der Waals surface area contributed by atoms with Gasteiger partial charge in [0.15, 0.2) is 0 Å². The van der Waals surface area contributed by atoms with Crippen molar-refractivity contribution in [1.82, 2.24) is 10.6 Å². The molecule has 0 bridgehead atoms. The normalized spacial score (nSPS) is 26.8. The fraction of sp³-hybridized carbons (Fsp3) is 0.750. The summed E-state index contributed by atoms with van der Waals surface area (Å²) in [6.45, 7) is 8.88. The highest BCUT2D eigenvalue weighted by Crippen LogP contribution is 2.19. The number of carbonyl (C=O) groups excluding carboxylic acids is 1. The number of piperidine rings is 1. The summed E-state index contributed by atoms with van der Waals surface area (Å²) in [4.78, 5) is 11.0. The van der Waals surface area contributed by atoms with E-state index < -0.39 is 0 Å². The van der Waals surface area contributed by atoms with Crippen LogP contribution >= 0.6 is 0 Å². The Bertz CT molecular complexity index is 202. The van der Waals surface area contributed by atoms with Gasteiger partial charge in [0.2, 0.25) is 5.91 Å². The second-order valence-electron chi connectivity index (χ2n) is 3.14. The summed E-state index contributed by atoms with van der Waals surface area (Å²) in [6, 6.07) is 0.334. The molecule has 0 saturated carbocycles. The standard InChI is InChI=1S/C8H12N2O.2C2H6/c11-8-2-1-6-3-4-9-5-7(6)10-8;2*1-2/h3-4,6-7,9H,1-2,5H2,(H,10,11);2*1-2H3. The number of carbonyl (C=O) groups is 1. The first-order valence-corrected chi connectivity index (χ1v) is 6.06. The second-order valence-corrected chi connectivity index (χ2v) is 3.14. The van der Waals surface area contributed by atoms with E-state index in [2.05, 4.69) is 16.7 Å². The van der Waals surface area contributed by atoms with Gasteiger partial charge >= 0.3 is 0 Å². The number of nitrogens with one attached hydrogen (secondary N) is 2. The monoisotopic (exact) mass is 212 g/mol. The van der Waals surface area contributed by atoms with Crippen LogP contribution in [-0.2, 0) is 4.79 Å². The first kappa shape index (κ1) is 14.0. The first-order valence-electron chi connectivity index (χ1n) is 6.06. The smallest absolute Gasteiger partial charge is 0.220 e. The van der Waals surface area contributed by atoms with Gasteiger partial charge < -0.3 is 10.6 Å². The minimum Gasteiger partial charge on any atom is -0.389 e. The Morgan fingerprint density at radius 2 is 1.93 bits per heavy atom. The second kappa shape index (κ2) is 8.33. The van der Waals surface area contributed by atoms with Crippen molar-refractivity contribution in [2.45, 2.75) is 46.6 Å². The van der Waals surface area contributed by atoms with Gasteiger partial charge in [-0.3, -0.25) is 4.79 Å². The number of amides is 1. The van der Waals surface area contributed by atoms with Crippen LogP contribution in [0.5, 0.6) is 0 Å². The minimum absolute atomic E-state index is 0.198. The molecular weight excluding hydrogens is 188 g/mol. The van der Waals surface area contributed by atoms with Crippen LogP contribution in [0.25, 0.3) is 0 Å². The van der Waals surface area contributed by atoms with Crippen LogP contribution in [-0.4, -0.2) is 18.5 Å². The molecule has 2 aliphatic rings. The third-order valence-electron chi connectivity index (χ3n) is 2.37. The highest BCUT2D eigenvalue weighted by Gasteiger charge is 2.27. The van der Waals surface area contributed by atoms with E-state index in [9.17, 15) is 4.79 Å². The quantitative estimate of drug-likeness (QED) is 0.645. The zero-order chi connectivity index (χ0) is 11.7. The van der Waals surface area contributed by atoms with E-state index in [1.54, 1.807) is 0 Å². The topological polar surface area (TPSA) is 41.1 Å². The lowest BCUT2D eigenvalue weighted by Gasteiger charge is -2.32. The van der Waals surface area contributed by atoms with Gasteiger partial charge in [-0.15, -0.1) is 0 Å². The molecule has 2 rings (SSSR count). The minimum atomic E-state index is 0.198. The van der Waals surface area contributed by atoms with Gasteiger partial charge in [0, 0.05) is 18.9 Å². The lowest BCUT2D eigenvalue weighted by atomic mass is 9.89. The predicted molar refractivity (Wildman–Crippen MR) is 64.5 cm³/mol. The molecule has 0 aromatic carbocycles. The van der Waals surface area contributed by atoms with Crippen LogP contribution in [0.3, 0.4) is 0 Å². The van der Waals surface area contributed by atoms with Crippen LogP contribution in [0.15, 0.2) is 12.3 Å². The number of fused-ring (bicyclic) bond motifs is 1. The van der Waals surface area contributed by atoms with Crippen molar-refractivity contribution in [2.24, 2.45) is 5.92 Å². The third kappa shape index (κ3) is 4.36. The van der Waals surface area contributed by atoms with Crippen LogP contribution in [0.2, 0.25) is 0 Å². The Balaban J connectivity index is 0.000000442. The molecule has 2 unspecified atom stereocenters. The van der Waals surface area contributed by atoms with Crippen molar-refractivity contribution < 1.29 is 4.79 Å². The van der Waals surface area contributed by atoms with Crippen molar-refractivity contribution in [3.8, 4) is 0 Å². The molecule has 3 heteroatoms. The van der Waals surface area contributed by atoms with Crippen molar-refractivity contribution in [3.63, 3.8) is 0 Å². The van der Waals surface area contributed by atoms with Crippen LogP contribution in [0, 0.1) is 5.92 Å². The molecular formula is C12H24N2O. The fourth-order valence-electron chi connectivity index (χ4n) is 1.70. The summed E-state index contributed by atoms with van der Waals surface area (Å²) in [5, 5.41) is 6.07. The molecule has 2 heterocycles. The molecule has 0 spiro atoms. The SMILES string of the molecule is CC.CC.O=C1CCC2C=CNCC2N1. The van der Waals surface area contributed by atoms with Gasteiger partial charge in [-0.2, -0.15) is 0 Å². The molecule has 0 radical (unpaired) electrons. The lowest BCUT2D eigenvalue weighted by Crippen LogP contribution is -2.50. The lowest BCUT2D eigenvalue weighted by molar-refractivity contribution is -0.123. The molecule has 0 aliphatic carbocycles. The molecule has 1 fully saturated rings. The van der Waals surface area contributed by atoms with E-state index in [1.165, 1.54) is 0 Å².